The van der Waals surface area contributed by atoms with Crippen LogP contribution in [0.5, 0.6) is 17.4 Å². The average molecular weight is 827 g/mol. The highest BCUT2D eigenvalue weighted by Crippen LogP contribution is 2.35. The quantitative estimate of drug-likeness (QED) is 0.115. The summed E-state index contributed by atoms with van der Waals surface area (Å²) < 4.78 is 155. The van der Waals surface area contributed by atoms with Crippen molar-refractivity contribution >= 4 is 23.4 Å². The number of carbonyl (C=O) groups is 2. The predicted octanol–water partition coefficient (Wildman–Crippen LogP) is 8.13. The van der Waals surface area contributed by atoms with Gasteiger partial charge in [0.2, 0.25) is 5.88 Å². The van der Waals surface area contributed by atoms with Gasteiger partial charge in [0.25, 0.3) is 11.8 Å². The molecule has 0 radical (unpaired) electrons. The summed E-state index contributed by atoms with van der Waals surface area (Å²) in [6, 6.07) is 6.98. The molecule has 0 saturated heterocycles. The van der Waals surface area contributed by atoms with E-state index < -0.39 is 76.3 Å². The maximum Gasteiger partial charge on any atom is 0.434 e. The van der Waals surface area contributed by atoms with Gasteiger partial charge in [0.1, 0.15) is 28.0 Å². The van der Waals surface area contributed by atoms with Gasteiger partial charge in [-0.3, -0.25) is 19.3 Å². The third kappa shape index (κ3) is 13.4. The molecule has 0 atom stereocenters. The largest absolute Gasteiger partial charge is 0.506 e. The van der Waals surface area contributed by atoms with Gasteiger partial charge in [-0.25, -0.2) is 30.1 Å². The van der Waals surface area contributed by atoms with Gasteiger partial charge >= 0.3 is 24.7 Å². The lowest BCUT2D eigenvalue weighted by Crippen LogP contribution is -2.28. The zero-order chi connectivity index (χ0) is 42.1. The first-order valence-corrected chi connectivity index (χ1v) is 14.5. The lowest BCUT2D eigenvalue weighted by molar-refractivity contribution is -0.143. The van der Waals surface area contributed by atoms with E-state index in [1.165, 1.54) is 7.05 Å². The van der Waals surface area contributed by atoms with Crippen LogP contribution in [0.25, 0.3) is 0 Å². The summed E-state index contributed by atoms with van der Waals surface area (Å²) in [5.74, 6) is -3.18. The average Bonchev–Trinajstić information content (AvgIpc) is 3.09. The Hall–Kier alpha value is -5.49. The summed E-state index contributed by atoms with van der Waals surface area (Å²) in [7, 11) is 4.56. The number of hydrogen-bond acceptors (Lipinski definition) is 10. The number of aromatic hydroxyl groups is 1. The number of aromatic nitrogens is 4. The molecule has 0 aliphatic heterocycles. The number of hydrogen-bond donors (Lipinski definition) is 1. The Morgan fingerprint density at radius 1 is 0.618 bits per heavy atom. The number of carbonyl (C=O) groups excluding carboxylic acids is 2. The van der Waals surface area contributed by atoms with E-state index in [1.807, 2.05) is 0 Å². The molecular formula is C30H23ClF12N6O6. The summed E-state index contributed by atoms with van der Waals surface area (Å²) in [5.41, 5.74) is -6.47. The second-order valence-electron chi connectivity index (χ2n) is 9.92. The molecule has 4 aromatic heterocycles. The van der Waals surface area contributed by atoms with E-state index in [0.29, 0.717) is 22.4 Å². The summed E-state index contributed by atoms with van der Waals surface area (Å²) in [6.07, 6.45) is -17.4. The Bertz CT molecular complexity index is 1910. The fourth-order valence-corrected chi connectivity index (χ4v) is 3.65. The summed E-state index contributed by atoms with van der Waals surface area (Å²) in [5, 5.41) is 9.50. The number of hydroxylamine groups is 4. The van der Waals surface area contributed by atoms with E-state index in [2.05, 4.69) is 29.6 Å². The summed E-state index contributed by atoms with van der Waals surface area (Å²) in [4.78, 5) is 45.1. The van der Waals surface area contributed by atoms with Gasteiger partial charge < -0.3 is 9.84 Å². The minimum atomic E-state index is -4.99. The Kier molecular flexibility index (Phi) is 15.1. The molecule has 300 valence electrons. The molecular weight excluding hydrogens is 804 g/mol. The first-order chi connectivity index (χ1) is 25.2. The summed E-state index contributed by atoms with van der Waals surface area (Å²) in [6.45, 7) is 0. The highest BCUT2D eigenvalue weighted by atomic mass is 35.5. The van der Waals surface area contributed by atoms with Crippen LogP contribution < -0.4 is 4.74 Å². The molecule has 55 heavy (non-hydrogen) atoms. The Morgan fingerprint density at radius 2 is 1.05 bits per heavy atom. The molecule has 0 aliphatic rings. The Labute approximate surface area is 305 Å². The maximum absolute atomic E-state index is 13.2. The fourth-order valence-electron chi connectivity index (χ4n) is 3.50. The van der Waals surface area contributed by atoms with Crippen LogP contribution in [0.3, 0.4) is 0 Å². The van der Waals surface area contributed by atoms with Gasteiger partial charge in [-0.1, -0.05) is 11.6 Å². The number of ether oxygens (including phenoxy) is 1. The van der Waals surface area contributed by atoms with Crippen LogP contribution in [-0.2, 0) is 34.4 Å². The van der Waals surface area contributed by atoms with E-state index in [4.69, 9.17) is 21.4 Å². The van der Waals surface area contributed by atoms with Crippen LogP contribution in [0.2, 0.25) is 5.15 Å². The van der Waals surface area contributed by atoms with Crippen molar-refractivity contribution in [3.63, 3.8) is 0 Å². The molecule has 0 aromatic carbocycles. The van der Waals surface area contributed by atoms with Crippen molar-refractivity contribution in [1.29, 1.82) is 0 Å². The molecule has 4 heterocycles. The van der Waals surface area contributed by atoms with Crippen LogP contribution in [0, 0.1) is 0 Å². The molecule has 0 aliphatic carbocycles. The van der Waals surface area contributed by atoms with E-state index in [0.717, 1.165) is 69.9 Å². The van der Waals surface area contributed by atoms with Gasteiger partial charge in [0.15, 0.2) is 11.4 Å². The molecule has 2 amide bonds. The zero-order valence-electron chi connectivity index (χ0n) is 27.9. The predicted molar refractivity (Wildman–Crippen MR) is 162 cm³/mol. The molecule has 12 nitrogen and oxygen atoms in total. The van der Waals surface area contributed by atoms with Gasteiger partial charge in [-0.2, -0.15) is 52.7 Å². The van der Waals surface area contributed by atoms with Crippen LogP contribution in [0.1, 0.15) is 43.5 Å². The number of alkyl halides is 12. The number of halogens is 13. The van der Waals surface area contributed by atoms with Crippen LogP contribution >= 0.6 is 11.6 Å². The van der Waals surface area contributed by atoms with E-state index in [-0.39, 0.29) is 16.7 Å². The van der Waals surface area contributed by atoms with Crippen molar-refractivity contribution in [3.8, 4) is 17.4 Å². The lowest BCUT2D eigenvalue weighted by Gasteiger charge is -2.17. The molecule has 1 N–H and O–H groups in total. The monoisotopic (exact) mass is 826 g/mol. The molecule has 0 bridgehead atoms. The highest BCUT2D eigenvalue weighted by molar-refractivity contribution is 6.29. The van der Waals surface area contributed by atoms with Crippen molar-refractivity contribution in [2.45, 2.75) is 24.7 Å². The third-order valence-electron chi connectivity index (χ3n) is 6.14. The first-order valence-electron chi connectivity index (χ1n) is 14.1. The van der Waals surface area contributed by atoms with E-state index in [9.17, 15) is 62.3 Å². The van der Waals surface area contributed by atoms with Crippen LogP contribution in [-0.4, -0.2) is 75.3 Å². The second kappa shape index (κ2) is 18.2. The van der Waals surface area contributed by atoms with Gasteiger partial charge in [-0.15, -0.1) is 0 Å². The SMILES string of the molecule is CON(C)C(=O)c1ccc(Cl)nc1C(F)(F)F.CON(C)C(=O)c1ccc(Oc2ccc(C(F)(F)F)nc2)nc1C(F)(F)F.Oc1ccc(C(F)(F)F)nc1. The number of nitrogens with zero attached hydrogens (tertiary/aromatic N) is 6. The minimum absolute atomic E-state index is 0.267. The van der Waals surface area contributed by atoms with Crippen LogP contribution in [0.15, 0.2) is 60.9 Å². The van der Waals surface area contributed by atoms with Gasteiger partial charge in [0, 0.05) is 20.2 Å². The van der Waals surface area contributed by atoms with Crippen molar-refractivity contribution in [2.75, 3.05) is 28.3 Å². The standard InChI is InChI=1S/C15H11F6N3O3.C9H8ClF3N2O2.C6H4F3NO/c1-24(26-2)13(25)9-4-6-11(23-12(9)15(19,20)21)27-8-3-5-10(22-7-8)14(16,17)18;1-15(17-2)8(16)5-3-4-6(10)14-7(5)9(11,12)13;7-6(8,9)5-2-1-4(11)3-10-5/h3-7H,1-2H3;3-4H,1-2H3;1-3,11H. The molecule has 0 fully saturated rings. The lowest BCUT2D eigenvalue weighted by atomic mass is 10.1. The minimum Gasteiger partial charge on any atom is -0.506 e. The number of pyridine rings is 4. The topological polar surface area (TPSA) is 140 Å². The molecule has 4 rings (SSSR count). The Balaban J connectivity index is 0.000000317. The molecule has 0 spiro atoms. The second-order valence-corrected chi connectivity index (χ2v) is 10.3. The molecule has 0 saturated carbocycles. The normalized spacial score (nSPS) is 11.7. The van der Waals surface area contributed by atoms with Crippen molar-refractivity contribution < 1.29 is 81.8 Å². The van der Waals surface area contributed by atoms with Crippen LogP contribution in [0.4, 0.5) is 52.7 Å². The number of rotatable bonds is 6. The van der Waals surface area contributed by atoms with Crippen molar-refractivity contribution in [2.24, 2.45) is 0 Å². The van der Waals surface area contributed by atoms with Gasteiger partial charge in [-0.05, 0) is 42.5 Å². The highest BCUT2D eigenvalue weighted by Gasteiger charge is 2.40. The fraction of sp³-hybridized carbons (Fsp3) is 0.267. The van der Waals surface area contributed by atoms with Crippen molar-refractivity contribution in [3.05, 3.63) is 100.0 Å². The molecule has 0 unspecified atom stereocenters. The maximum atomic E-state index is 13.2. The van der Waals surface area contributed by atoms with Crippen molar-refractivity contribution in [1.82, 2.24) is 30.1 Å². The smallest absolute Gasteiger partial charge is 0.434 e. The van der Waals surface area contributed by atoms with E-state index >= 15 is 0 Å². The third-order valence-corrected chi connectivity index (χ3v) is 6.35. The van der Waals surface area contributed by atoms with E-state index in [1.54, 1.807) is 0 Å². The molecule has 4 aromatic rings. The summed E-state index contributed by atoms with van der Waals surface area (Å²) >= 11 is 5.37. The first kappa shape index (κ1) is 45.7. The van der Waals surface area contributed by atoms with Gasteiger partial charge in [0.05, 0.1) is 37.7 Å². The molecule has 25 heteroatoms. The Morgan fingerprint density at radius 3 is 1.44 bits per heavy atom. The number of amides is 2. The zero-order valence-corrected chi connectivity index (χ0v) is 28.6.